The first kappa shape index (κ1) is 17.6. The van der Waals surface area contributed by atoms with Crippen LogP contribution in [0, 0.1) is 0 Å². The fourth-order valence-corrected chi connectivity index (χ4v) is 3.48. The maximum atomic E-state index is 12.9. The number of anilines is 1. The van der Waals surface area contributed by atoms with E-state index in [1.54, 1.807) is 36.4 Å². The van der Waals surface area contributed by atoms with Crippen molar-refractivity contribution in [3.8, 4) is 5.75 Å². The number of aliphatic carboxylic acids is 1. The van der Waals surface area contributed by atoms with E-state index in [1.165, 1.54) is 32.4 Å². The van der Waals surface area contributed by atoms with E-state index in [0.717, 1.165) is 10.4 Å². The average molecular weight is 347 g/mol. The number of para-hydroxylation sites is 1. The van der Waals surface area contributed by atoms with Crippen LogP contribution in [0.4, 0.5) is 5.69 Å². The molecule has 0 saturated carbocycles. The molecule has 0 bridgehead atoms. The highest BCUT2D eigenvalue weighted by Gasteiger charge is 2.25. The van der Waals surface area contributed by atoms with Crippen LogP contribution in [-0.4, -0.2) is 33.7 Å². The molecule has 0 aliphatic heterocycles. The molecule has 0 unspecified atom stereocenters. The molecular weight excluding hydrogens is 330 g/mol. The van der Waals surface area contributed by atoms with Gasteiger partial charge in [-0.25, -0.2) is 13.2 Å². The first-order valence-corrected chi connectivity index (χ1v) is 8.43. The minimum atomic E-state index is -3.87. The zero-order valence-corrected chi connectivity index (χ0v) is 14.0. The van der Waals surface area contributed by atoms with Crippen LogP contribution in [0.15, 0.2) is 59.5 Å². The number of benzene rings is 2. The quantitative estimate of drug-likeness (QED) is 0.812. The minimum Gasteiger partial charge on any atom is -0.495 e. The van der Waals surface area contributed by atoms with Gasteiger partial charge >= 0.3 is 5.97 Å². The van der Waals surface area contributed by atoms with E-state index in [-0.39, 0.29) is 10.6 Å². The molecule has 0 spiro atoms. The molecule has 0 saturated heterocycles. The van der Waals surface area contributed by atoms with Gasteiger partial charge in [-0.3, -0.25) is 4.31 Å². The molecule has 0 aliphatic carbocycles. The van der Waals surface area contributed by atoms with E-state index in [1.807, 2.05) is 0 Å². The van der Waals surface area contributed by atoms with Crippen molar-refractivity contribution in [2.75, 3.05) is 18.5 Å². The lowest BCUT2D eigenvalue weighted by Crippen LogP contribution is -2.27. The van der Waals surface area contributed by atoms with Crippen molar-refractivity contribution in [3.63, 3.8) is 0 Å². The molecule has 0 heterocycles. The lowest BCUT2D eigenvalue weighted by atomic mass is 10.2. The highest BCUT2D eigenvalue weighted by atomic mass is 32.2. The van der Waals surface area contributed by atoms with E-state index in [9.17, 15) is 13.2 Å². The average Bonchev–Trinajstić information content (AvgIpc) is 2.59. The van der Waals surface area contributed by atoms with Crippen molar-refractivity contribution >= 4 is 27.8 Å². The molecule has 126 valence electrons. The Morgan fingerprint density at radius 1 is 1.17 bits per heavy atom. The van der Waals surface area contributed by atoms with E-state index in [2.05, 4.69) is 0 Å². The number of rotatable bonds is 6. The van der Waals surface area contributed by atoms with Gasteiger partial charge in [-0.15, -0.1) is 0 Å². The Hall–Kier alpha value is -2.80. The molecule has 2 aromatic rings. The molecule has 1 N–H and O–H groups in total. The zero-order valence-electron chi connectivity index (χ0n) is 13.2. The second kappa shape index (κ2) is 7.18. The molecule has 2 rings (SSSR count). The van der Waals surface area contributed by atoms with E-state index < -0.39 is 16.0 Å². The predicted octanol–water partition coefficient (Wildman–Crippen LogP) is 2.62. The summed E-state index contributed by atoms with van der Waals surface area (Å²) in [6.45, 7) is 0. The summed E-state index contributed by atoms with van der Waals surface area (Å²) in [5.74, 6) is -0.929. The summed E-state index contributed by atoms with van der Waals surface area (Å²) >= 11 is 0. The van der Waals surface area contributed by atoms with Gasteiger partial charge in [0.2, 0.25) is 0 Å². The number of carboxylic acids is 1. The van der Waals surface area contributed by atoms with Gasteiger partial charge in [-0.1, -0.05) is 24.3 Å². The summed E-state index contributed by atoms with van der Waals surface area (Å²) in [5, 5.41) is 8.70. The Morgan fingerprint density at radius 2 is 1.83 bits per heavy atom. The monoisotopic (exact) mass is 347 g/mol. The fraction of sp³-hybridized carbons (Fsp3) is 0.118. The third-order valence-electron chi connectivity index (χ3n) is 3.36. The standard InChI is InChI=1S/C17H17NO5S/c1-18(14-6-4-3-5-7-14)24(21,22)16-12-13(9-11-17(19)20)8-10-15(16)23-2/h3-12H,1-2H3,(H,19,20). The number of methoxy groups -OCH3 is 1. The first-order valence-electron chi connectivity index (χ1n) is 6.99. The number of hydrogen-bond donors (Lipinski definition) is 1. The van der Waals surface area contributed by atoms with E-state index in [4.69, 9.17) is 9.84 Å². The van der Waals surface area contributed by atoms with Gasteiger partial charge in [0.25, 0.3) is 10.0 Å². The molecule has 7 heteroatoms. The third kappa shape index (κ3) is 3.75. The number of ether oxygens (including phenoxy) is 1. The highest BCUT2D eigenvalue weighted by molar-refractivity contribution is 7.92. The topological polar surface area (TPSA) is 83.9 Å². The van der Waals surface area contributed by atoms with Crippen molar-refractivity contribution in [2.45, 2.75) is 4.90 Å². The third-order valence-corrected chi connectivity index (χ3v) is 5.17. The maximum absolute atomic E-state index is 12.9. The van der Waals surface area contributed by atoms with Gasteiger partial charge in [-0.05, 0) is 35.9 Å². The van der Waals surface area contributed by atoms with Crippen molar-refractivity contribution in [1.82, 2.24) is 0 Å². The molecule has 24 heavy (non-hydrogen) atoms. The van der Waals surface area contributed by atoms with Gasteiger partial charge in [0, 0.05) is 13.1 Å². The van der Waals surface area contributed by atoms with Gasteiger partial charge in [0.15, 0.2) is 0 Å². The Labute approximate surface area is 140 Å². The number of nitrogens with zero attached hydrogens (tertiary/aromatic N) is 1. The molecule has 0 amide bonds. The van der Waals surface area contributed by atoms with Crippen LogP contribution >= 0.6 is 0 Å². The summed E-state index contributed by atoms with van der Waals surface area (Å²) in [6, 6.07) is 13.1. The Kier molecular flexibility index (Phi) is 5.25. The zero-order chi connectivity index (χ0) is 17.7. The number of sulfonamides is 1. The molecular formula is C17H17NO5S. The van der Waals surface area contributed by atoms with Crippen LogP contribution in [0.2, 0.25) is 0 Å². The second-order valence-electron chi connectivity index (χ2n) is 4.89. The van der Waals surface area contributed by atoms with E-state index in [0.29, 0.717) is 11.3 Å². The molecule has 2 aromatic carbocycles. The Morgan fingerprint density at radius 3 is 2.42 bits per heavy atom. The van der Waals surface area contributed by atoms with Crippen molar-refractivity contribution < 1.29 is 23.1 Å². The maximum Gasteiger partial charge on any atom is 0.328 e. The summed E-state index contributed by atoms with van der Waals surface area (Å²) in [5.41, 5.74) is 0.948. The smallest absolute Gasteiger partial charge is 0.328 e. The molecule has 0 aliphatic rings. The predicted molar refractivity (Wildman–Crippen MR) is 91.7 cm³/mol. The SMILES string of the molecule is COc1ccc(C=CC(=O)O)cc1S(=O)(=O)N(C)c1ccccc1. The van der Waals surface area contributed by atoms with Crippen molar-refractivity contribution in [3.05, 3.63) is 60.2 Å². The fourth-order valence-electron chi connectivity index (χ4n) is 2.09. The van der Waals surface area contributed by atoms with Crippen LogP contribution in [0.5, 0.6) is 5.75 Å². The van der Waals surface area contributed by atoms with Crippen LogP contribution in [0.25, 0.3) is 6.08 Å². The molecule has 0 fully saturated rings. The molecule has 0 radical (unpaired) electrons. The first-order chi connectivity index (χ1) is 11.4. The van der Waals surface area contributed by atoms with E-state index >= 15 is 0 Å². The van der Waals surface area contributed by atoms with Crippen LogP contribution in [0.3, 0.4) is 0 Å². The summed E-state index contributed by atoms with van der Waals surface area (Å²) in [4.78, 5) is 10.6. The van der Waals surface area contributed by atoms with Crippen LogP contribution in [-0.2, 0) is 14.8 Å². The van der Waals surface area contributed by atoms with Gasteiger partial charge < -0.3 is 9.84 Å². The largest absolute Gasteiger partial charge is 0.495 e. The van der Waals surface area contributed by atoms with Gasteiger partial charge in [0.1, 0.15) is 10.6 Å². The molecule has 0 atom stereocenters. The highest BCUT2D eigenvalue weighted by Crippen LogP contribution is 2.30. The van der Waals surface area contributed by atoms with Crippen LogP contribution in [0.1, 0.15) is 5.56 Å². The summed E-state index contributed by atoms with van der Waals surface area (Å²) in [7, 11) is -1.04. The Balaban J connectivity index is 2.52. The number of carboxylic acid groups (broad SMARTS) is 1. The Bertz CT molecular complexity index is 860. The summed E-state index contributed by atoms with van der Waals surface area (Å²) < 4.78 is 32.1. The van der Waals surface area contributed by atoms with Crippen molar-refractivity contribution in [1.29, 1.82) is 0 Å². The van der Waals surface area contributed by atoms with Gasteiger partial charge in [-0.2, -0.15) is 0 Å². The number of carbonyl (C=O) groups is 1. The lowest BCUT2D eigenvalue weighted by molar-refractivity contribution is -0.131. The molecule has 0 aromatic heterocycles. The van der Waals surface area contributed by atoms with Crippen molar-refractivity contribution in [2.24, 2.45) is 0 Å². The van der Waals surface area contributed by atoms with Crippen LogP contribution < -0.4 is 9.04 Å². The van der Waals surface area contributed by atoms with Gasteiger partial charge in [0.05, 0.1) is 12.8 Å². The summed E-state index contributed by atoms with van der Waals surface area (Å²) in [6.07, 6.45) is 2.27. The lowest BCUT2D eigenvalue weighted by Gasteiger charge is -2.21. The minimum absolute atomic E-state index is 0.0381. The second-order valence-corrected chi connectivity index (χ2v) is 6.83. The molecule has 6 nitrogen and oxygen atoms in total. The number of hydrogen-bond acceptors (Lipinski definition) is 4. The normalized spacial score (nSPS) is 11.4.